The molecule has 8 heteroatoms. The van der Waals surface area contributed by atoms with Crippen molar-refractivity contribution in [2.75, 3.05) is 32.7 Å². The van der Waals surface area contributed by atoms with Crippen LogP contribution in [0.2, 0.25) is 0 Å². The highest BCUT2D eigenvalue weighted by molar-refractivity contribution is 5.80. The average molecular weight is 415 g/mol. The smallest absolute Gasteiger partial charge is 0.231 e. The van der Waals surface area contributed by atoms with Crippen molar-refractivity contribution in [1.82, 2.24) is 20.4 Å². The molecule has 1 aromatic rings. The van der Waals surface area contributed by atoms with Crippen molar-refractivity contribution in [1.29, 1.82) is 0 Å². The van der Waals surface area contributed by atoms with E-state index in [2.05, 4.69) is 32.7 Å². The molecule has 0 radical (unpaired) electrons. The molecule has 2 aliphatic rings. The molecule has 0 saturated carbocycles. The molecule has 4 N–H and O–H groups in total. The Morgan fingerprint density at radius 1 is 1.17 bits per heavy atom. The van der Waals surface area contributed by atoms with Crippen molar-refractivity contribution in [3.05, 3.63) is 35.4 Å². The number of piperidine rings is 1. The van der Waals surface area contributed by atoms with Crippen LogP contribution >= 0.6 is 0 Å². The lowest BCUT2D eigenvalue weighted by Crippen LogP contribution is -2.49. The van der Waals surface area contributed by atoms with Crippen LogP contribution in [0.3, 0.4) is 0 Å². The van der Waals surface area contributed by atoms with Crippen molar-refractivity contribution in [2.45, 2.75) is 51.7 Å². The maximum atomic E-state index is 12.5. The van der Waals surface area contributed by atoms with E-state index in [-0.39, 0.29) is 11.8 Å². The fourth-order valence-corrected chi connectivity index (χ4v) is 4.06. The maximum absolute atomic E-state index is 12.5. The normalized spacial score (nSPS) is 17.6. The second-order valence-electron chi connectivity index (χ2n) is 8.04. The Balaban J connectivity index is 1.39. The number of benzene rings is 1. The van der Waals surface area contributed by atoms with E-state index in [1.54, 1.807) is 0 Å². The van der Waals surface area contributed by atoms with Crippen molar-refractivity contribution in [3.63, 3.8) is 0 Å². The lowest BCUT2D eigenvalue weighted by atomic mass is 10.1. The molecule has 2 heterocycles. The number of nitrogens with one attached hydrogen (secondary N) is 2. The molecule has 1 aromatic carbocycles. The molecule has 0 bridgehead atoms. The Bertz CT molecular complexity index is 733. The zero-order chi connectivity index (χ0) is 21.3. The van der Waals surface area contributed by atoms with Crippen LogP contribution in [-0.4, -0.2) is 66.3 Å². The molecule has 2 aliphatic heterocycles. The molecule has 0 spiro atoms. The van der Waals surface area contributed by atoms with Crippen molar-refractivity contribution in [2.24, 2.45) is 10.7 Å². The van der Waals surface area contributed by atoms with Crippen LogP contribution < -0.4 is 16.4 Å². The number of carbonyl (C=O) groups is 2. The molecule has 3 rings (SSSR count). The van der Waals surface area contributed by atoms with Gasteiger partial charge in [0.25, 0.3) is 0 Å². The first-order chi connectivity index (χ1) is 14.5. The minimum Gasteiger partial charge on any atom is -0.369 e. The van der Waals surface area contributed by atoms with E-state index in [0.29, 0.717) is 25.6 Å². The Kier molecular flexibility index (Phi) is 8.07. The molecule has 0 aromatic heterocycles. The summed E-state index contributed by atoms with van der Waals surface area (Å²) in [4.78, 5) is 32.2. The average Bonchev–Trinajstić information content (AvgIpc) is 3.16. The molecular formula is C22H34N6O2. The van der Waals surface area contributed by atoms with Crippen LogP contribution in [0.25, 0.3) is 0 Å². The number of fused-ring (bicyclic) bond motifs is 1. The number of likely N-dealkylation sites (tertiary alicyclic amines) is 1. The highest BCUT2D eigenvalue weighted by Crippen LogP contribution is 2.22. The van der Waals surface area contributed by atoms with Gasteiger partial charge in [-0.15, -0.1) is 0 Å². The standard InChI is InChI=1S/C22H34N6O2/c1-2-24-22(26-19-9-12-27(13-10-19)16-20(23)29)25-11-5-8-21(30)28-14-17-6-3-4-7-18(17)15-28/h3-4,6-7,19H,2,5,8-16H2,1H3,(H2,23,29)(H2,24,25,26). The van der Waals surface area contributed by atoms with Gasteiger partial charge >= 0.3 is 0 Å². The third kappa shape index (κ3) is 6.45. The lowest BCUT2D eigenvalue weighted by Gasteiger charge is -2.32. The maximum Gasteiger partial charge on any atom is 0.231 e. The summed E-state index contributed by atoms with van der Waals surface area (Å²) in [6.07, 6.45) is 3.15. The minimum atomic E-state index is -0.274. The second kappa shape index (κ2) is 11.0. The number of aliphatic imine (C=N–C) groups is 1. The number of hydrogen-bond donors (Lipinski definition) is 3. The van der Waals surface area contributed by atoms with Crippen molar-refractivity contribution in [3.8, 4) is 0 Å². The largest absolute Gasteiger partial charge is 0.369 e. The summed E-state index contributed by atoms with van der Waals surface area (Å²) in [5.74, 6) is 0.719. The molecule has 8 nitrogen and oxygen atoms in total. The van der Waals surface area contributed by atoms with Gasteiger partial charge in [0.05, 0.1) is 6.54 Å². The Morgan fingerprint density at radius 3 is 2.43 bits per heavy atom. The van der Waals surface area contributed by atoms with E-state index in [1.165, 1.54) is 11.1 Å². The van der Waals surface area contributed by atoms with Gasteiger partial charge in [-0.25, -0.2) is 0 Å². The van der Waals surface area contributed by atoms with Crippen LogP contribution in [0, 0.1) is 0 Å². The molecule has 0 aliphatic carbocycles. The molecule has 1 saturated heterocycles. The number of amides is 2. The number of primary amides is 1. The number of guanidine groups is 1. The van der Waals surface area contributed by atoms with E-state index < -0.39 is 0 Å². The summed E-state index contributed by atoms with van der Waals surface area (Å²) in [7, 11) is 0. The predicted molar refractivity (Wildman–Crippen MR) is 118 cm³/mol. The second-order valence-corrected chi connectivity index (χ2v) is 8.04. The molecular weight excluding hydrogens is 380 g/mol. The summed E-state index contributed by atoms with van der Waals surface area (Å²) in [5, 5.41) is 6.77. The third-order valence-electron chi connectivity index (χ3n) is 5.66. The van der Waals surface area contributed by atoms with Gasteiger partial charge in [-0.05, 0) is 37.3 Å². The van der Waals surface area contributed by atoms with Crippen molar-refractivity contribution < 1.29 is 9.59 Å². The molecule has 0 unspecified atom stereocenters. The number of hydrogen-bond acceptors (Lipinski definition) is 4. The van der Waals surface area contributed by atoms with Crippen LogP contribution in [0.5, 0.6) is 0 Å². The highest BCUT2D eigenvalue weighted by atomic mass is 16.2. The lowest BCUT2D eigenvalue weighted by molar-refractivity contribution is -0.131. The number of nitrogens with zero attached hydrogens (tertiary/aromatic N) is 3. The Morgan fingerprint density at radius 2 is 1.83 bits per heavy atom. The summed E-state index contributed by atoms with van der Waals surface area (Å²) in [6, 6.07) is 8.58. The van der Waals surface area contributed by atoms with E-state index in [0.717, 1.165) is 57.9 Å². The monoisotopic (exact) mass is 414 g/mol. The SMILES string of the molecule is CCNC(=NCCCC(=O)N1Cc2ccccc2C1)NC1CCN(CC(N)=O)CC1. The zero-order valence-corrected chi connectivity index (χ0v) is 17.9. The summed E-state index contributed by atoms with van der Waals surface area (Å²) in [5.41, 5.74) is 7.79. The van der Waals surface area contributed by atoms with Crippen LogP contribution in [0.4, 0.5) is 0 Å². The van der Waals surface area contributed by atoms with Gasteiger partial charge in [-0.2, -0.15) is 0 Å². The third-order valence-corrected chi connectivity index (χ3v) is 5.66. The predicted octanol–water partition coefficient (Wildman–Crippen LogP) is 0.814. The van der Waals surface area contributed by atoms with Gasteiger partial charge in [0.2, 0.25) is 11.8 Å². The first-order valence-electron chi connectivity index (χ1n) is 10.9. The highest BCUT2D eigenvalue weighted by Gasteiger charge is 2.23. The van der Waals surface area contributed by atoms with E-state index in [9.17, 15) is 9.59 Å². The quantitative estimate of drug-likeness (QED) is 0.332. The number of rotatable bonds is 8. The molecule has 0 atom stereocenters. The zero-order valence-electron chi connectivity index (χ0n) is 17.9. The molecule has 30 heavy (non-hydrogen) atoms. The van der Waals surface area contributed by atoms with E-state index in [4.69, 9.17) is 5.73 Å². The van der Waals surface area contributed by atoms with Gasteiger partial charge in [-0.1, -0.05) is 24.3 Å². The minimum absolute atomic E-state index is 0.196. The van der Waals surface area contributed by atoms with Gasteiger partial charge in [-0.3, -0.25) is 19.5 Å². The van der Waals surface area contributed by atoms with Gasteiger partial charge in [0, 0.05) is 51.7 Å². The first-order valence-corrected chi connectivity index (χ1v) is 10.9. The number of nitrogens with two attached hydrogens (primary N) is 1. The van der Waals surface area contributed by atoms with E-state index >= 15 is 0 Å². The van der Waals surface area contributed by atoms with Crippen LogP contribution in [0.15, 0.2) is 29.3 Å². The van der Waals surface area contributed by atoms with Gasteiger partial charge in [0.1, 0.15) is 0 Å². The number of carbonyl (C=O) groups excluding carboxylic acids is 2. The van der Waals surface area contributed by atoms with E-state index in [1.807, 2.05) is 24.0 Å². The fourth-order valence-electron chi connectivity index (χ4n) is 4.06. The molecule has 1 fully saturated rings. The van der Waals surface area contributed by atoms with Crippen LogP contribution in [0.1, 0.15) is 43.7 Å². The molecule has 164 valence electrons. The Labute approximate surface area is 178 Å². The topological polar surface area (TPSA) is 103 Å². The van der Waals surface area contributed by atoms with Crippen LogP contribution in [-0.2, 0) is 22.7 Å². The van der Waals surface area contributed by atoms with Gasteiger partial charge in [0.15, 0.2) is 5.96 Å². The summed E-state index contributed by atoms with van der Waals surface area (Å²) in [6.45, 7) is 6.92. The summed E-state index contributed by atoms with van der Waals surface area (Å²) < 4.78 is 0. The van der Waals surface area contributed by atoms with Crippen molar-refractivity contribution >= 4 is 17.8 Å². The van der Waals surface area contributed by atoms with Gasteiger partial charge < -0.3 is 21.3 Å². The first kappa shape index (κ1) is 22.1. The molecule has 2 amide bonds. The summed E-state index contributed by atoms with van der Waals surface area (Å²) >= 11 is 0. The Hall–Kier alpha value is -2.61. The fraction of sp³-hybridized carbons (Fsp3) is 0.591.